The van der Waals surface area contributed by atoms with Crippen LogP contribution in [0.5, 0.6) is 0 Å². The number of alkyl halides is 3. The van der Waals surface area contributed by atoms with Gasteiger partial charge in [0, 0.05) is 11.6 Å². The van der Waals surface area contributed by atoms with Crippen molar-refractivity contribution < 1.29 is 22.0 Å². The molecule has 3 aromatic rings. The number of hydrogen-bond donors (Lipinski definition) is 1. The van der Waals surface area contributed by atoms with E-state index in [4.69, 9.17) is 5.41 Å². The first-order valence-corrected chi connectivity index (χ1v) is 8.68. The van der Waals surface area contributed by atoms with Crippen molar-refractivity contribution in [1.29, 1.82) is 5.41 Å². The van der Waals surface area contributed by atoms with Crippen molar-refractivity contribution in [3.63, 3.8) is 0 Å². The van der Waals surface area contributed by atoms with E-state index < -0.39 is 23.4 Å². The lowest BCUT2D eigenvalue weighted by atomic mass is 10.00. The Kier molecular flexibility index (Phi) is 4.80. The summed E-state index contributed by atoms with van der Waals surface area (Å²) in [6.45, 7) is 0. The lowest BCUT2D eigenvalue weighted by Crippen LogP contribution is -2.18. The number of nitrogens with one attached hydrogen (secondary N) is 1. The smallest absolute Gasteiger partial charge is 0.281 e. The quantitative estimate of drug-likeness (QED) is 0.395. The highest BCUT2D eigenvalue weighted by molar-refractivity contribution is 5.79. The number of imidazole rings is 1. The van der Waals surface area contributed by atoms with Crippen molar-refractivity contribution in [3.05, 3.63) is 71.3 Å². The number of rotatable bonds is 3. The van der Waals surface area contributed by atoms with Crippen LogP contribution < -0.4 is 5.49 Å². The van der Waals surface area contributed by atoms with Gasteiger partial charge in [-0.3, -0.25) is 9.98 Å². The van der Waals surface area contributed by atoms with Crippen LogP contribution >= 0.6 is 0 Å². The molecule has 2 aromatic heterocycles. The number of aromatic nitrogens is 4. The minimum Gasteiger partial charge on any atom is -0.281 e. The van der Waals surface area contributed by atoms with Gasteiger partial charge in [0.05, 0.1) is 11.9 Å². The van der Waals surface area contributed by atoms with Crippen LogP contribution in [-0.4, -0.2) is 31.6 Å². The molecule has 0 unspecified atom stereocenters. The van der Waals surface area contributed by atoms with Gasteiger partial charge in [-0.05, 0) is 30.5 Å². The van der Waals surface area contributed by atoms with Gasteiger partial charge in [-0.1, -0.05) is 12.2 Å². The van der Waals surface area contributed by atoms with Gasteiger partial charge in [0.1, 0.15) is 24.3 Å². The predicted octanol–water partition coefficient (Wildman–Crippen LogP) is 4.02. The van der Waals surface area contributed by atoms with Gasteiger partial charge in [-0.2, -0.15) is 18.3 Å². The van der Waals surface area contributed by atoms with E-state index in [1.54, 1.807) is 0 Å². The Morgan fingerprint density at radius 1 is 1.07 bits per heavy atom. The van der Waals surface area contributed by atoms with E-state index in [1.807, 2.05) is 0 Å². The van der Waals surface area contributed by atoms with Crippen molar-refractivity contribution in [2.45, 2.75) is 19.0 Å². The molecule has 4 rings (SSSR count). The molecule has 1 aromatic carbocycles. The fourth-order valence-corrected chi connectivity index (χ4v) is 2.97. The molecule has 0 aliphatic heterocycles. The highest BCUT2D eigenvalue weighted by Gasteiger charge is 2.33. The average Bonchev–Trinajstić information content (AvgIpc) is 3.12. The third-order valence-electron chi connectivity index (χ3n) is 4.53. The Labute approximate surface area is 165 Å². The third-order valence-corrected chi connectivity index (χ3v) is 4.53. The molecular formula is C19H13F5N6. The molecule has 11 heteroatoms. The monoisotopic (exact) mass is 420 g/mol. The summed E-state index contributed by atoms with van der Waals surface area (Å²) >= 11 is 0. The van der Waals surface area contributed by atoms with Crippen LogP contribution in [-0.2, 0) is 0 Å². The van der Waals surface area contributed by atoms with Crippen molar-refractivity contribution in [2.75, 3.05) is 0 Å². The van der Waals surface area contributed by atoms with E-state index >= 15 is 0 Å². The summed E-state index contributed by atoms with van der Waals surface area (Å²) in [5.74, 6) is -1.54. The van der Waals surface area contributed by atoms with E-state index in [1.165, 1.54) is 35.6 Å². The Bertz CT molecular complexity index is 1280. The SMILES string of the molecule is N=c1c2ncn(-c3ccc(F)cc3F)c2ncn1N=CC1=CCC(C(F)(F)F)=CC1. The van der Waals surface area contributed by atoms with Crippen LogP contribution in [0.25, 0.3) is 16.9 Å². The minimum absolute atomic E-state index is 0.0201. The molecule has 154 valence electrons. The summed E-state index contributed by atoms with van der Waals surface area (Å²) in [5.41, 5.74) is 0.123. The summed E-state index contributed by atoms with van der Waals surface area (Å²) in [6.07, 6.45) is 1.83. The molecule has 0 saturated heterocycles. The molecule has 1 aliphatic carbocycles. The second-order valence-electron chi connectivity index (χ2n) is 6.48. The molecule has 0 saturated carbocycles. The van der Waals surface area contributed by atoms with E-state index in [9.17, 15) is 22.0 Å². The van der Waals surface area contributed by atoms with Crippen molar-refractivity contribution in [1.82, 2.24) is 19.2 Å². The zero-order chi connectivity index (χ0) is 21.5. The maximum absolute atomic E-state index is 14.1. The molecular weight excluding hydrogens is 407 g/mol. The summed E-state index contributed by atoms with van der Waals surface area (Å²) in [6, 6.07) is 3.05. The Morgan fingerprint density at radius 3 is 2.53 bits per heavy atom. The van der Waals surface area contributed by atoms with E-state index in [0.717, 1.165) is 22.9 Å². The first kappa shape index (κ1) is 19.7. The van der Waals surface area contributed by atoms with Gasteiger partial charge < -0.3 is 0 Å². The number of benzene rings is 1. The first-order valence-electron chi connectivity index (χ1n) is 8.68. The van der Waals surface area contributed by atoms with Crippen LogP contribution in [0, 0.1) is 17.0 Å². The molecule has 0 fully saturated rings. The van der Waals surface area contributed by atoms with Gasteiger partial charge in [0.25, 0.3) is 0 Å². The fourth-order valence-electron chi connectivity index (χ4n) is 2.97. The van der Waals surface area contributed by atoms with Crippen LogP contribution in [0.3, 0.4) is 0 Å². The standard InChI is InChI=1S/C19H13F5N6/c20-13-5-6-15(14(21)7-13)29-9-26-16-17(25)30(10-27-18(16)29)28-8-11-1-3-12(4-2-11)19(22,23)24/h1,4-10,25H,2-3H2. The van der Waals surface area contributed by atoms with Gasteiger partial charge in [0.2, 0.25) is 0 Å². The van der Waals surface area contributed by atoms with Crippen LogP contribution in [0.2, 0.25) is 0 Å². The zero-order valence-corrected chi connectivity index (χ0v) is 15.2. The fraction of sp³-hybridized carbons (Fsp3) is 0.158. The molecule has 1 aliphatic rings. The molecule has 1 N–H and O–H groups in total. The van der Waals surface area contributed by atoms with Gasteiger partial charge in [-0.15, -0.1) is 0 Å². The van der Waals surface area contributed by atoms with Crippen LogP contribution in [0.4, 0.5) is 22.0 Å². The lowest BCUT2D eigenvalue weighted by molar-refractivity contribution is -0.0933. The van der Waals surface area contributed by atoms with Gasteiger partial charge >= 0.3 is 6.18 Å². The molecule has 2 heterocycles. The highest BCUT2D eigenvalue weighted by atomic mass is 19.4. The number of nitrogens with zero attached hydrogens (tertiary/aromatic N) is 5. The first-order chi connectivity index (χ1) is 14.2. The molecule has 30 heavy (non-hydrogen) atoms. The van der Waals surface area contributed by atoms with Crippen molar-refractivity contribution in [3.8, 4) is 5.69 Å². The van der Waals surface area contributed by atoms with Crippen LogP contribution in [0.15, 0.2) is 59.3 Å². The summed E-state index contributed by atoms with van der Waals surface area (Å²) in [5, 5.41) is 12.3. The van der Waals surface area contributed by atoms with E-state index in [-0.39, 0.29) is 35.2 Å². The molecule has 0 amide bonds. The number of allylic oxidation sites excluding steroid dienone is 4. The van der Waals surface area contributed by atoms with Gasteiger partial charge in [-0.25, -0.2) is 23.4 Å². The average molecular weight is 420 g/mol. The summed E-state index contributed by atoms with van der Waals surface area (Å²) < 4.78 is 67.6. The Balaban J connectivity index is 1.62. The molecule has 6 nitrogen and oxygen atoms in total. The minimum atomic E-state index is -4.35. The normalized spacial score (nSPS) is 15.0. The third kappa shape index (κ3) is 3.65. The molecule has 0 atom stereocenters. The van der Waals surface area contributed by atoms with Crippen molar-refractivity contribution in [2.24, 2.45) is 5.10 Å². The highest BCUT2D eigenvalue weighted by Crippen LogP contribution is 2.31. The number of fused-ring (bicyclic) bond motifs is 1. The zero-order valence-electron chi connectivity index (χ0n) is 15.2. The summed E-state index contributed by atoms with van der Waals surface area (Å²) in [4.78, 5) is 8.20. The Morgan fingerprint density at radius 2 is 1.87 bits per heavy atom. The lowest BCUT2D eigenvalue weighted by Gasteiger charge is -2.14. The number of hydrogen-bond acceptors (Lipinski definition) is 4. The van der Waals surface area contributed by atoms with Crippen molar-refractivity contribution >= 4 is 17.4 Å². The second-order valence-corrected chi connectivity index (χ2v) is 6.48. The summed E-state index contributed by atoms with van der Waals surface area (Å²) in [7, 11) is 0. The topological polar surface area (TPSA) is 71.8 Å². The number of halogens is 5. The predicted molar refractivity (Wildman–Crippen MR) is 98.0 cm³/mol. The second kappa shape index (κ2) is 7.32. The maximum atomic E-state index is 14.1. The largest absolute Gasteiger partial charge is 0.412 e. The molecule has 0 radical (unpaired) electrons. The van der Waals surface area contributed by atoms with Crippen LogP contribution in [0.1, 0.15) is 12.8 Å². The maximum Gasteiger partial charge on any atom is 0.412 e. The van der Waals surface area contributed by atoms with E-state index in [0.29, 0.717) is 5.57 Å². The van der Waals surface area contributed by atoms with Gasteiger partial charge in [0.15, 0.2) is 16.7 Å². The Hall–Kier alpha value is -3.63. The molecule has 0 bridgehead atoms. The molecule has 0 spiro atoms. The van der Waals surface area contributed by atoms with E-state index in [2.05, 4.69) is 15.1 Å².